The summed E-state index contributed by atoms with van der Waals surface area (Å²) in [5.41, 5.74) is 1.55. The summed E-state index contributed by atoms with van der Waals surface area (Å²) in [5.74, 6) is 0.547. The molecule has 2 unspecified atom stereocenters. The quantitative estimate of drug-likeness (QED) is 0.832. The predicted molar refractivity (Wildman–Crippen MR) is 75.5 cm³/mol. The van der Waals surface area contributed by atoms with Gasteiger partial charge < -0.3 is 5.11 Å². The van der Waals surface area contributed by atoms with Crippen molar-refractivity contribution in [2.75, 3.05) is 0 Å². The Bertz CT molecular complexity index is 371. The molecule has 1 aromatic carbocycles. The van der Waals surface area contributed by atoms with Gasteiger partial charge in [0, 0.05) is 8.99 Å². The Balaban J connectivity index is 2.33. The summed E-state index contributed by atoms with van der Waals surface area (Å²) >= 11 is 2.41. The minimum Gasteiger partial charge on any atom is -0.393 e. The van der Waals surface area contributed by atoms with E-state index < -0.39 is 0 Å². The topological polar surface area (TPSA) is 20.2 Å². The maximum atomic E-state index is 10.1. The molecule has 0 spiro atoms. The Kier molecular flexibility index (Phi) is 3.59. The first-order valence-electron chi connectivity index (χ1n) is 6.08. The van der Waals surface area contributed by atoms with Crippen molar-refractivity contribution in [1.82, 2.24) is 0 Å². The largest absolute Gasteiger partial charge is 0.393 e. The van der Waals surface area contributed by atoms with E-state index in [0.717, 1.165) is 19.3 Å². The molecule has 1 aliphatic rings. The van der Waals surface area contributed by atoms with Crippen LogP contribution in [0.25, 0.3) is 0 Å². The summed E-state index contributed by atoms with van der Waals surface area (Å²) in [6, 6.07) is 8.58. The van der Waals surface area contributed by atoms with Gasteiger partial charge in [0.25, 0.3) is 0 Å². The molecule has 1 N–H and O–H groups in total. The molecular formula is C14H19IO. The van der Waals surface area contributed by atoms with Crippen molar-refractivity contribution in [3.8, 4) is 0 Å². The fraction of sp³-hybridized carbons (Fsp3) is 0.571. The molecule has 1 aliphatic carbocycles. The monoisotopic (exact) mass is 330 g/mol. The molecule has 2 rings (SSSR count). The second-order valence-electron chi connectivity index (χ2n) is 4.77. The first-order chi connectivity index (χ1) is 7.65. The van der Waals surface area contributed by atoms with Gasteiger partial charge in [-0.2, -0.15) is 0 Å². The highest BCUT2D eigenvalue weighted by atomic mass is 127. The Morgan fingerprint density at radius 2 is 1.94 bits per heavy atom. The van der Waals surface area contributed by atoms with Gasteiger partial charge >= 0.3 is 0 Å². The van der Waals surface area contributed by atoms with Gasteiger partial charge in [0.1, 0.15) is 0 Å². The minimum atomic E-state index is -0.108. The van der Waals surface area contributed by atoms with Gasteiger partial charge in [-0.25, -0.2) is 0 Å². The van der Waals surface area contributed by atoms with E-state index in [0.29, 0.717) is 5.92 Å². The van der Waals surface area contributed by atoms with E-state index in [4.69, 9.17) is 0 Å². The summed E-state index contributed by atoms with van der Waals surface area (Å²) in [5, 5.41) is 10.1. The van der Waals surface area contributed by atoms with Gasteiger partial charge in [0.2, 0.25) is 0 Å². The van der Waals surface area contributed by atoms with Crippen molar-refractivity contribution in [3.63, 3.8) is 0 Å². The Hall–Kier alpha value is -0.0900. The van der Waals surface area contributed by atoms with Crippen molar-refractivity contribution < 1.29 is 5.11 Å². The average Bonchev–Trinajstić information content (AvgIpc) is 2.29. The third-order valence-corrected chi connectivity index (χ3v) is 5.40. The van der Waals surface area contributed by atoms with Gasteiger partial charge in [-0.05, 0) is 59.4 Å². The number of aliphatic hydroxyl groups is 1. The Morgan fingerprint density at radius 3 is 2.44 bits per heavy atom. The first kappa shape index (κ1) is 12.4. The first-order valence-corrected chi connectivity index (χ1v) is 7.16. The van der Waals surface area contributed by atoms with E-state index in [1.54, 1.807) is 0 Å². The minimum absolute atomic E-state index is 0.108. The standard InChI is InChI=1S/C14H19IO/c1-3-14(4-2)11(9-13(14)16)10-7-5-6-8-12(10)15/h5-8,11,13,16H,3-4,9H2,1-2H3. The molecule has 1 saturated carbocycles. The van der Waals surface area contributed by atoms with Crippen molar-refractivity contribution >= 4 is 22.6 Å². The number of halogens is 1. The van der Waals surface area contributed by atoms with E-state index in [-0.39, 0.29) is 11.5 Å². The zero-order valence-electron chi connectivity index (χ0n) is 9.91. The van der Waals surface area contributed by atoms with Gasteiger partial charge in [0.05, 0.1) is 6.10 Å². The van der Waals surface area contributed by atoms with Crippen molar-refractivity contribution in [3.05, 3.63) is 33.4 Å². The van der Waals surface area contributed by atoms with E-state index in [9.17, 15) is 5.11 Å². The van der Waals surface area contributed by atoms with Crippen molar-refractivity contribution in [1.29, 1.82) is 0 Å². The third-order valence-electron chi connectivity index (χ3n) is 4.41. The molecule has 0 heterocycles. The van der Waals surface area contributed by atoms with Crippen LogP contribution in [0.4, 0.5) is 0 Å². The van der Waals surface area contributed by atoms with E-state index in [2.05, 4.69) is 60.7 Å². The molecule has 2 atom stereocenters. The zero-order chi connectivity index (χ0) is 11.8. The molecule has 0 aliphatic heterocycles. The highest BCUT2D eigenvalue weighted by Gasteiger charge is 2.52. The Labute approximate surface area is 111 Å². The summed E-state index contributed by atoms with van der Waals surface area (Å²) in [4.78, 5) is 0. The molecule has 0 bridgehead atoms. The van der Waals surface area contributed by atoms with E-state index >= 15 is 0 Å². The van der Waals surface area contributed by atoms with Crippen LogP contribution in [0.15, 0.2) is 24.3 Å². The lowest BCUT2D eigenvalue weighted by atomic mass is 9.53. The van der Waals surface area contributed by atoms with Crippen LogP contribution in [0.1, 0.15) is 44.6 Å². The lowest BCUT2D eigenvalue weighted by Gasteiger charge is -2.54. The molecule has 1 nitrogen and oxygen atoms in total. The van der Waals surface area contributed by atoms with E-state index in [1.165, 1.54) is 9.13 Å². The van der Waals surface area contributed by atoms with E-state index in [1.807, 2.05) is 0 Å². The number of aliphatic hydroxyl groups excluding tert-OH is 1. The molecule has 0 aromatic heterocycles. The van der Waals surface area contributed by atoms with Crippen LogP contribution >= 0.6 is 22.6 Å². The summed E-state index contributed by atoms with van der Waals surface area (Å²) in [6.45, 7) is 4.41. The molecule has 1 aromatic rings. The van der Waals surface area contributed by atoms with Crippen LogP contribution in [-0.4, -0.2) is 11.2 Å². The van der Waals surface area contributed by atoms with Gasteiger partial charge in [-0.15, -0.1) is 0 Å². The highest BCUT2D eigenvalue weighted by Crippen LogP contribution is 2.57. The number of rotatable bonds is 3. The van der Waals surface area contributed by atoms with Crippen LogP contribution in [0.2, 0.25) is 0 Å². The number of hydrogen-bond acceptors (Lipinski definition) is 1. The van der Waals surface area contributed by atoms with Crippen molar-refractivity contribution in [2.24, 2.45) is 5.41 Å². The maximum absolute atomic E-state index is 10.1. The molecule has 1 fully saturated rings. The smallest absolute Gasteiger partial charge is 0.0608 e. The lowest BCUT2D eigenvalue weighted by molar-refractivity contribution is -0.0934. The molecule has 0 saturated heterocycles. The molecule has 0 radical (unpaired) electrons. The fourth-order valence-electron chi connectivity index (χ4n) is 3.17. The van der Waals surface area contributed by atoms with Crippen LogP contribution in [0.3, 0.4) is 0 Å². The third kappa shape index (κ3) is 1.70. The summed E-state index contributed by atoms with van der Waals surface area (Å²) < 4.78 is 1.34. The molecular weight excluding hydrogens is 311 g/mol. The highest BCUT2D eigenvalue weighted by molar-refractivity contribution is 14.1. The molecule has 88 valence electrons. The van der Waals surface area contributed by atoms with Crippen LogP contribution in [0.5, 0.6) is 0 Å². The molecule has 16 heavy (non-hydrogen) atoms. The summed E-state index contributed by atoms with van der Waals surface area (Å²) in [7, 11) is 0. The van der Waals surface area contributed by atoms with Gasteiger partial charge in [-0.3, -0.25) is 0 Å². The number of hydrogen-bond donors (Lipinski definition) is 1. The fourth-order valence-corrected chi connectivity index (χ4v) is 3.94. The second kappa shape index (κ2) is 4.65. The Morgan fingerprint density at radius 1 is 1.31 bits per heavy atom. The SMILES string of the molecule is CCC1(CC)C(O)CC1c1ccccc1I. The van der Waals surface area contributed by atoms with Crippen LogP contribution in [-0.2, 0) is 0 Å². The summed E-state index contributed by atoms with van der Waals surface area (Å²) in [6.07, 6.45) is 2.96. The van der Waals surface area contributed by atoms with Crippen LogP contribution in [0, 0.1) is 8.99 Å². The van der Waals surface area contributed by atoms with Gasteiger partial charge in [0.15, 0.2) is 0 Å². The van der Waals surface area contributed by atoms with Crippen LogP contribution < -0.4 is 0 Å². The normalized spacial score (nSPS) is 27.5. The predicted octanol–water partition coefficient (Wildman–Crippen LogP) is 3.95. The number of benzene rings is 1. The maximum Gasteiger partial charge on any atom is 0.0608 e. The van der Waals surface area contributed by atoms with Gasteiger partial charge in [-0.1, -0.05) is 32.0 Å². The second-order valence-corrected chi connectivity index (χ2v) is 5.93. The molecule has 0 amide bonds. The zero-order valence-corrected chi connectivity index (χ0v) is 12.1. The molecule has 2 heteroatoms. The average molecular weight is 330 g/mol. The van der Waals surface area contributed by atoms with Crippen molar-refractivity contribution in [2.45, 2.75) is 45.1 Å². The lowest BCUT2D eigenvalue weighted by Crippen LogP contribution is -2.51.